The first-order chi connectivity index (χ1) is 13.0. The topological polar surface area (TPSA) is 67.4 Å². The van der Waals surface area contributed by atoms with Crippen LogP contribution in [0.25, 0.3) is 11.1 Å². The highest BCUT2D eigenvalue weighted by Crippen LogP contribution is 2.40. The van der Waals surface area contributed by atoms with Crippen LogP contribution in [0.3, 0.4) is 0 Å². The molecular weight excluding hydrogens is 384 g/mol. The molecule has 27 heavy (non-hydrogen) atoms. The molecule has 0 saturated heterocycles. The lowest BCUT2D eigenvalue weighted by Gasteiger charge is -2.09. The second-order valence-corrected chi connectivity index (χ2v) is 7.35. The molecule has 0 bridgehead atoms. The molecule has 0 aliphatic rings. The van der Waals surface area contributed by atoms with Gasteiger partial charge in [0.25, 0.3) is 0 Å². The molecule has 1 aromatic heterocycles. The summed E-state index contributed by atoms with van der Waals surface area (Å²) in [6, 6.07) is 15.9. The molecule has 7 heteroatoms. The van der Waals surface area contributed by atoms with Crippen molar-refractivity contribution in [3.05, 3.63) is 70.1 Å². The summed E-state index contributed by atoms with van der Waals surface area (Å²) >= 11 is 7.26. The third-order valence-corrected chi connectivity index (χ3v) is 5.10. The standard InChI is InChI=1S/C20H17ClN2O3S/c1-12-16(13-7-4-3-5-8-13)17(19(24)26-2)18(27-12)23-20(25)22-15-10-6-9-14(21)11-15/h3-11H,1-2H3,(H2,22,23,25). The number of ether oxygens (including phenoxy) is 1. The van der Waals surface area contributed by atoms with Crippen molar-refractivity contribution in [2.45, 2.75) is 6.92 Å². The molecule has 2 amide bonds. The molecule has 2 aromatic carbocycles. The molecule has 2 N–H and O–H groups in total. The quantitative estimate of drug-likeness (QED) is 0.543. The molecule has 3 aromatic rings. The van der Waals surface area contributed by atoms with Crippen LogP contribution in [0.4, 0.5) is 15.5 Å². The Kier molecular flexibility index (Phi) is 5.78. The fourth-order valence-electron chi connectivity index (χ4n) is 2.71. The number of thiophene rings is 1. The SMILES string of the molecule is COC(=O)c1c(NC(=O)Nc2cccc(Cl)c2)sc(C)c1-c1ccccc1. The van der Waals surface area contributed by atoms with Gasteiger partial charge in [-0.1, -0.05) is 48.0 Å². The summed E-state index contributed by atoms with van der Waals surface area (Å²) in [4.78, 5) is 25.7. The Bertz CT molecular complexity index is 986. The molecule has 3 rings (SSSR count). The van der Waals surface area contributed by atoms with Crippen LogP contribution in [0.2, 0.25) is 5.02 Å². The summed E-state index contributed by atoms with van der Waals surface area (Å²) in [6.07, 6.45) is 0. The number of esters is 1. The van der Waals surface area contributed by atoms with E-state index < -0.39 is 12.0 Å². The minimum absolute atomic E-state index is 0.340. The molecule has 0 unspecified atom stereocenters. The van der Waals surface area contributed by atoms with Gasteiger partial charge in [-0.15, -0.1) is 11.3 Å². The number of carbonyl (C=O) groups excluding carboxylic acids is 2. The van der Waals surface area contributed by atoms with Gasteiger partial charge in [-0.25, -0.2) is 9.59 Å². The molecule has 0 radical (unpaired) electrons. The fraction of sp³-hybridized carbons (Fsp3) is 0.100. The lowest BCUT2D eigenvalue weighted by atomic mass is 10.0. The van der Waals surface area contributed by atoms with E-state index in [4.69, 9.17) is 16.3 Å². The van der Waals surface area contributed by atoms with Crippen molar-refractivity contribution in [2.24, 2.45) is 0 Å². The Hall–Kier alpha value is -2.83. The minimum Gasteiger partial charge on any atom is -0.465 e. The van der Waals surface area contributed by atoms with Gasteiger partial charge >= 0.3 is 12.0 Å². The van der Waals surface area contributed by atoms with Gasteiger partial charge in [-0.2, -0.15) is 0 Å². The molecule has 0 atom stereocenters. The van der Waals surface area contributed by atoms with Gasteiger partial charge in [-0.05, 0) is 30.7 Å². The van der Waals surface area contributed by atoms with E-state index in [-0.39, 0.29) is 0 Å². The largest absolute Gasteiger partial charge is 0.465 e. The third-order valence-electron chi connectivity index (χ3n) is 3.85. The van der Waals surface area contributed by atoms with Crippen molar-refractivity contribution in [3.63, 3.8) is 0 Å². The van der Waals surface area contributed by atoms with E-state index in [1.807, 2.05) is 37.3 Å². The average Bonchev–Trinajstić information content (AvgIpc) is 2.97. The third kappa shape index (κ3) is 4.30. The van der Waals surface area contributed by atoms with Crippen LogP contribution in [0.15, 0.2) is 54.6 Å². The lowest BCUT2D eigenvalue weighted by molar-refractivity contribution is 0.0603. The first-order valence-electron chi connectivity index (χ1n) is 8.10. The number of nitrogens with one attached hydrogen (secondary N) is 2. The van der Waals surface area contributed by atoms with Gasteiger partial charge in [0.15, 0.2) is 0 Å². The van der Waals surface area contributed by atoms with Gasteiger partial charge in [-0.3, -0.25) is 5.32 Å². The van der Waals surface area contributed by atoms with Gasteiger partial charge in [0.2, 0.25) is 0 Å². The first kappa shape index (κ1) is 18.9. The zero-order valence-electron chi connectivity index (χ0n) is 14.7. The number of methoxy groups -OCH3 is 1. The maximum atomic E-state index is 12.4. The van der Waals surface area contributed by atoms with Crippen LogP contribution in [0.1, 0.15) is 15.2 Å². The normalized spacial score (nSPS) is 10.3. The number of hydrogen-bond donors (Lipinski definition) is 2. The number of rotatable bonds is 4. The fourth-order valence-corrected chi connectivity index (χ4v) is 3.96. The number of aryl methyl sites for hydroxylation is 1. The molecule has 0 aliphatic carbocycles. The monoisotopic (exact) mass is 400 g/mol. The number of hydrogen-bond acceptors (Lipinski definition) is 4. The summed E-state index contributed by atoms with van der Waals surface area (Å²) in [5, 5.41) is 6.40. The molecule has 0 fully saturated rings. The van der Waals surface area contributed by atoms with Crippen molar-refractivity contribution >= 4 is 45.6 Å². The lowest BCUT2D eigenvalue weighted by Crippen LogP contribution is -2.20. The summed E-state index contributed by atoms with van der Waals surface area (Å²) in [5.41, 5.74) is 2.53. The highest BCUT2D eigenvalue weighted by Gasteiger charge is 2.25. The van der Waals surface area contributed by atoms with Gasteiger partial charge in [0.05, 0.1) is 7.11 Å². The van der Waals surface area contributed by atoms with E-state index in [1.54, 1.807) is 24.3 Å². The van der Waals surface area contributed by atoms with Gasteiger partial charge < -0.3 is 10.1 Å². The molecule has 138 valence electrons. The zero-order chi connectivity index (χ0) is 19.4. The highest BCUT2D eigenvalue weighted by atomic mass is 35.5. The zero-order valence-corrected chi connectivity index (χ0v) is 16.3. The van der Waals surface area contributed by atoms with E-state index in [0.29, 0.717) is 21.3 Å². The predicted octanol–water partition coefficient (Wildman–Crippen LogP) is 5.81. The van der Waals surface area contributed by atoms with Crippen LogP contribution >= 0.6 is 22.9 Å². The van der Waals surface area contributed by atoms with Crippen LogP contribution < -0.4 is 10.6 Å². The summed E-state index contributed by atoms with van der Waals surface area (Å²) < 4.78 is 4.95. The number of urea groups is 1. The molecule has 0 spiro atoms. The van der Waals surface area contributed by atoms with Crippen molar-refractivity contribution < 1.29 is 14.3 Å². The molecule has 1 heterocycles. The summed E-state index contributed by atoms with van der Waals surface area (Å²) in [6.45, 7) is 1.90. The van der Waals surface area contributed by atoms with E-state index >= 15 is 0 Å². The average molecular weight is 401 g/mol. The smallest absolute Gasteiger partial charge is 0.341 e. The molecule has 5 nitrogen and oxygen atoms in total. The maximum absolute atomic E-state index is 12.4. The Balaban J connectivity index is 1.93. The second kappa shape index (κ2) is 8.24. The Morgan fingerprint density at radius 3 is 2.44 bits per heavy atom. The molecular formula is C20H17ClN2O3S. The predicted molar refractivity (Wildman–Crippen MR) is 110 cm³/mol. The first-order valence-corrected chi connectivity index (χ1v) is 9.29. The van der Waals surface area contributed by atoms with Crippen LogP contribution in [-0.2, 0) is 4.74 Å². The van der Waals surface area contributed by atoms with Crippen LogP contribution in [0, 0.1) is 6.92 Å². The maximum Gasteiger partial charge on any atom is 0.341 e. The van der Waals surface area contributed by atoms with Gasteiger partial charge in [0, 0.05) is 21.2 Å². The van der Waals surface area contributed by atoms with E-state index in [0.717, 1.165) is 16.0 Å². The van der Waals surface area contributed by atoms with Gasteiger partial charge in [0.1, 0.15) is 10.6 Å². The van der Waals surface area contributed by atoms with Crippen LogP contribution in [0.5, 0.6) is 0 Å². The summed E-state index contributed by atoms with van der Waals surface area (Å²) in [7, 11) is 1.32. The number of anilines is 2. The number of halogens is 1. The Morgan fingerprint density at radius 1 is 1.04 bits per heavy atom. The van der Waals surface area contributed by atoms with E-state index in [9.17, 15) is 9.59 Å². The number of amides is 2. The van der Waals surface area contributed by atoms with Crippen molar-refractivity contribution in [2.75, 3.05) is 17.7 Å². The molecule has 0 saturated carbocycles. The Labute approximate surface area is 165 Å². The summed E-state index contributed by atoms with van der Waals surface area (Å²) in [5.74, 6) is -0.503. The molecule has 0 aliphatic heterocycles. The number of benzene rings is 2. The van der Waals surface area contributed by atoms with Crippen molar-refractivity contribution in [1.29, 1.82) is 0 Å². The van der Waals surface area contributed by atoms with E-state index in [1.165, 1.54) is 18.4 Å². The van der Waals surface area contributed by atoms with Crippen LogP contribution in [-0.4, -0.2) is 19.1 Å². The minimum atomic E-state index is -0.503. The highest BCUT2D eigenvalue weighted by molar-refractivity contribution is 7.17. The van der Waals surface area contributed by atoms with Crippen molar-refractivity contribution in [3.8, 4) is 11.1 Å². The Morgan fingerprint density at radius 2 is 1.78 bits per heavy atom. The van der Waals surface area contributed by atoms with E-state index in [2.05, 4.69) is 10.6 Å². The van der Waals surface area contributed by atoms with Crippen molar-refractivity contribution in [1.82, 2.24) is 0 Å². The second-order valence-electron chi connectivity index (χ2n) is 5.68. The number of carbonyl (C=O) groups is 2.